The zero-order valence-electron chi connectivity index (χ0n) is 17.2. The Morgan fingerprint density at radius 1 is 1.14 bits per heavy atom. The van der Waals surface area contributed by atoms with Gasteiger partial charge in [0.05, 0.1) is 5.92 Å². The average molecular weight is 386 g/mol. The van der Waals surface area contributed by atoms with E-state index in [9.17, 15) is 14.4 Å². The van der Waals surface area contributed by atoms with E-state index in [1.165, 1.54) is 0 Å². The topological polar surface area (TPSA) is 82.6 Å². The highest BCUT2D eigenvalue weighted by molar-refractivity contribution is 5.92. The summed E-state index contributed by atoms with van der Waals surface area (Å²) >= 11 is 0. The number of piperidine rings is 1. The fourth-order valence-corrected chi connectivity index (χ4v) is 3.98. The van der Waals surface area contributed by atoms with Crippen molar-refractivity contribution < 1.29 is 14.4 Å². The molecule has 0 saturated carbocycles. The molecule has 0 bridgehead atoms. The normalized spacial score (nSPS) is 21.1. The lowest BCUT2D eigenvalue weighted by molar-refractivity contribution is -0.138. The summed E-state index contributed by atoms with van der Waals surface area (Å²) in [5.74, 6) is 0.219. The number of amides is 3. The molecular formula is C21H30N4O3. The lowest BCUT2D eigenvalue weighted by Gasteiger charge is -2.34. The van der Waals surface area contributed by atoms with Gasteiger partial charge in [0.1, 0.15) is 5.82 Å². The zero-order chi connectivity index (χ0) is 20.5. The molecule has 28 heavy (non-hydrogen) atoms. The Morgan fingerprint density at radius 2 is 1.82 bits per heavy atom. The first kappa shape index (κ1) is 20.3. The van der Waals surface area contributed by atoms with Crippen LogP contribution in [0.3, 0.4) is 0 Å². The number of aryl methyl sites for hydroxylation is 1. The highest BCUT2D eigenvalue weighted by Crippen LogP contribution is 2.28. The molecule has 0 aromatic carbocycles. The summed E-state index contributed by atoms with van der Waals surface area (Å²) in [5.41, 5.74) is 0.592. The van der Waals surface area contributed by atoms with E-state index in [4.69, 9.17) is 0 Å². The molecular weight excluding hydrogens is 356 g/mol. The first-order chi connectivity index (χ1) is 13.1. The summed E-state index contributed by atoms with van der Waals surface area (Å²) in [4.78, 5) is 45.5. The van der Waals surface area contributed by atoms with Gasteiger partial charge in [-0.2, -0.15) is 0 Å². The van der Waals surface area contributed by atoms with E-state index in [1.807, 2.05) is 44.7 Å². The van der Waals surface area contributed by atoms with Crippen molar-refractivity contribution in [3.05, 3.63) is 23.9 Å². The SMILES string of the molecule is Cc1cccc(NC(=O)C2CCN(C(=O)C3CC(=O)N(C(C)(C)C)C3)CC2)n1. The number of hydrogen-bond donors (Lipinski definition) is 1. The molecule has 0 radical (unpaired) electrons. The highest BCUT2D eigenvalue weighted by atomic mass is 16.2. The molecule has 7 nitrogen and oxygen atoms in total. The van der Waals surface area contributed by atoms with E-state index < -0.39 is 0 Å². The molecule has 3 amide bonds. The first-order valence-corrected chi connectivity index (χ1v) is 9.99. The molecule has 1 atom stereocenters. The Hall–Kier alpha value is -2.44. The van der Waals surface area contributed by atoms with Crippen LogP contribution in [0.15, 0.2) is 18.2 Å². The van der Waals surface area contributed by atoms with Crippen molar-refractivity contribution in [1.29, 1.82) is 0 Å². The number of rotatable bonds is 3. The third-order valence-corrected chi connectivity index (χ3v) is 5.60. The second-order valence-corrected chi connectivity index (χ2v) is 8.83. The van der Waals surface area contributed by atoms with Gasteiger partial charge in [-0.15, -0.1) is 0 Å². The zero-order valence-corrected chi connectivity index (χ0v) is 17.2. The van der Waals surface area contributed by atoms with Gasteiger partial charge in [-0.1, -0.05) is 6.07 Å². The van der Waals surface area contributed by atoms with Crippen LogP contribution in [0.5, 0.6) is 0 Å². The van der Waals surface area contributed by atoms with Crippen molar-refractivity contribution in [2.24, 2.45) is 11.8 Å². The number of nitrogens with one attached hydrogen (secondary N) is 1. The molecule has 3 heterocycles. The van der Waals surface area contributed by atoms with Crippen molar-refractivity contribution in [2.45, 2.75) is 52.5 Å². The van der Waals surface area contributed by atoms with Crippen molar-refractivity contribution in [1.82, 2.24) is 14.8 Å². The number of carbonyl (C=O) groups is 3. The predicted octanol–water partition coefficient (Wildman–Crippen LogP) is 2.21. The van der Waals surface area contributed by atoms with Crippen LogP contribution in [-0.4, -0.2) is 57.7 Å². The molecule has 2 aliphatic heterocycles. The highest BCUT2D eigenvalue weighted by Gasteiger charge is 2.41. The van der Waals surface area contributed by atoms with Crippen LogP contribution in [0, 0.1) is 18.8 Å². The summed E-state index contributed by atoms with van der Waals surface area (Å²) in [6, 6.07) is 5.53. The Morgan fingerprint density at radius 3 is 2.39 bits per heavy atom. The largest absolute Gasteiger partial charge is 0.342 e. The van der Waals surface area contributed by atoms with Crippen LogP contribution in [0.4, 0.5) is 5.82 Å². The minimum atomic E-state index is -0.270. The van der Waals surface area contributed by atoms with E-state index >= 15 is 0 Å². The van der Waals surface area contributed by atoms with Crippen molar-refractivity contribution in [3.63, 3.8) is 0 Å². The van der Waals surface area contributed by atoms with Gasteiger partial charge in [-0.3, -0.25) is 14.4 Å². The van der Waals surface area contributed by atoms with E-state index in [-0.39, 0.29) is 41.5 Å². The third kappa shape index (κ3) is 4.51. The standard InChI is InChI=1S/C21H30N4O3/c1-14-6-5-7-17(22-14)23-19(27)15-8-10-24(11-9-15)20(28)16-12-18(26)25(13-16)21(2,3)4/h5-7,15-16H,8-13H2,1-4H3,(H,22,23,27). The van der Waals surface area contributed by atoms with Gasteiger partial charge >= 0.3 is 0 Å². The molecule has 0 spiro atoms. The van der Waals surface area contributed by atoms with Gasteiger partial charge in [0.25, 0.3) is 0 Å². The molecule has 2 saturated heterocycles. The minimum absolute atomic E-state index is 0.0410. The van der Waals surface area contributed by atoms with E-state index in [2.05, 4.69) is 10.3 Å². The van der Waals surface area contributed by atoms with Gasteiger partial charge in [-0.05, 0) is 52.7 Å². The Labute approximate surface area is 166 Å². The Kier molecular flexibility index (Phi) is 5.72. The molecule has 1 unspecified atom stereocenters. The lowest BCUT2D eigenvalue weighted by atomic mass is 9.94. The number of pyridine rings is 1. The summed E-state index contributed by atoms with van der Waals surface area (Å²) < 4.78 is 0. The number of carbonyl (C=O) groups excluding carboxylic acids is 3. The third-order valence-electron chi connectivity index (χ3n) is 5.60. The minimum Gasteiger partial charge on any atom is -0.342 e. The van der Waals surface area contributed by atoms with E-state index in [1.54, 1.807) is 11.0 Å². The molecule has 3 rings (SSSR count). The molecule has 2 fully saturated rings. The molecule has 0 aliphatic carbocycles. The van der Waals surface area contributed by atoms with Crippen molar-refractivity contribution in [3.8, 4) is 0 Å². The van der Waals surface area contributed by atoms with Crippen LogP contribution < -0.4 is 5.32 Å². The average Bonchev–Trinajstić information content (AvgIpc) is 3.03. The van der Waals surface area contributed by atoms with Crippen LogP contribution in [0.25, 0.3) is 0 Å². The maximum absolute atomic E-state index is 12.9. The number of likely N-dealkylation sites (tertiary alicyclic amines) is 2. The molecule has 7 heteroatoms. The van der Waals surface area contributed by atoms with Gasteiger partial charge in [0.15, 0.2) is 0 Å². The molecule has 1 aromatic heterocycles. The van der Waals surface area contributed by atoms with E-state index in [0.717, 1.165) is 5.69 Å². The maximum Gasteiger partial charge on any atom is 0.228 e. The second-order valence-electron chi connectivity index (χ2n) is 8.83. The second kappa shape index (κ2) is 7.89. The maximum atomic E-state index is 12.9. The fraction of sp³-hybridized carbons (Fsp3) is 0.619. The first-order valence-electron chi connectivity index (χ1n) is 9.99. The van der Waals surface area contributed by atoms with Gasteiger partial charge < -0.3 is 15.1 Å². The smallest absolute Gasteiger partial charge is 0.228 e. The Balaban J connectivity index is 1.52. The summed E-state index contributed by atoms with van der Waals surface area (Å²) in [6.45, 7) is 9.45. The summed E-state index contributed by atoms with van der Waals surface area (Å²) in [7, 11) is 0. The Bertz CT molecular complexity index is 763. The number of nitrogens with zero attached hydrogens (tertiary/aromatic N) is 3. The van der Waals surface area contributed by atoms with Crippen LogP contribution in [0.1, 0.15) is 45.7 Å². The number of hydrogen-bond acceptors (Lipinski definition) is 4. The van der Waals surface area contributed by atoms with Crippen LogP contribution >= 0.6 is 0 Å². The van der Waals surface area contributed by atoms with Crippen LogP contribution in [-0.2, 0) is 14.4 Å². The van der Waals surface area contributed by atoms with Gasteiger partial charge in [0.2, 0.25) is 17.7 Å². The van der Waals surface area contributed by atoms with Gasteiger partial charge in [0, 0.05) is 43.2 Å². The van der Waals surface area contributed by atoms with Crippen molar-refractivity contribution >= 4 is 23.5 Å². The molecule has 1 N–H and O–H groups in total. The lowest BCUT2D eigenvalue weighted by Crippen LogP contribution is -2.46. The summed E-state index contributed by atoms with van der Waals surface area (Å²) in [5, 5.41) is 2.88. The van der Waals surface area contributed by atoms with Gasteiger partial charge in [-0.25, -0.2) is 4.98 Å². The number of anilines is 1. The van der Waals surface area contributed by atoms with Crippen molar-refractivity contribution in [2.75, 3.05) is 25.0 Å². The van der Waals surface area contributed by atoms with E-state index in [0.29, 0.717) is 38.3 Å². The fourth-order valence-electron chi connectivity index (χ4n) is 3.98. The molecule has 2 aliphatic rings. The monoisotopic (exact) mass is 386 g/mol. The predicted molar refractivity (Wildman–Crippen MR) is 106 cm³/mol. The molecule has 1 aromatic rings. The summed E-state index contributed by atoms with van der Waals surface area (Å²) in [6.07, 6.45) is 1.55. The number of aromatic nitrogens is 1. The van der Waals surface area contributed by atoms with Crippen LogP contribution in [0.2, 0.25) is 0 Å². The molecule has 152 valence electrons. The quantitative estimate of drug-likeness (QED) is 0.863.